The van der Waals surface area contributed by atoms with Crippen molar-refractivity contribution in [1.82, 2.24) is 14.8 Å². The van der Waals surface area contributed by atoms with E-state index in [-0.39, 0.29) is 17.9 Å². The number of aromatic nitrogens is 3. The van der Waals surface area contributed by atoms with Gasteiger partial charge in [0.2, 0.25) is 0 Å². The molecule has 2 aromatic heterocycles. The standard InChI is InChI=1S/C19H18FN5O4/c20-13-9-15-12(10-25(23-15)11-18(26)27)8-16(13)22-19(28)14-2-1-3-17(21-14)24-4-6-29-7-5-24/h1-3,8-10H,4-7,11H2,(H,22,28)(H,26,27). The number of aliphatic carboxylic acids is 1. The summed E-state index contributed by atoms with van der Waals surface area (Å²) in [6.07, 6.45) is 1.48. The highest BCUT2D eigenvalue weighted by molar-refractivity contribution is 6.04. The molecule has 4 rings (SSSR count). The SMILES string of the molecule is O=C(O)Cn1cc2cc(NC(=O)c3cccc(N4CCOCC4)n3)c(F)cc2n1. The third-order valence-corrected chi connectivity index (χ3v) is 4.49. The van der Waals surface area contributed by atoms with Crippen molar-refractivity contribution in [2.45, 2.75) is 6.54 Å². The van der Waals surface area contributed by atoms with E-state index in [1.165, 1.54) is 16.9 Å². The number of rotatable bonds is 5. The van der Waals surface area contributed by atoms with Gasteiger partial charge in [0.15, 0.2) is 0 Å². The van der Waals surface area contributed by atoms with Crippen molar-refractivity contribution in [1.29, 1.82) is 0 Å². The minimum Gasteiger partial charge on any atom is -0.480 e. The Morgan fingerprint density at radius 2 is 2.03 bits per heavy atom. The highest BCUT2D eigenvalue weighted by Crippen LogP contribution is 2.23. The minimum atomic E-state index is -1.06. The first kappa shape index (κ1) is 18.8. The molecule has 3 aromatic rings. The molecule has 2 N–H and O–H groups in total. The van der Waals surface area contributed by atoms with Crippen LogP contribution in [0.4, 0.5) is 15.9 Å². The highest BCUT2D eigenvalue weighted by atomic mass is 19.1. The lowest BCUT2D eigenvalue weighted by atomic mass is 10.2. The smallest absolute Gasteiger partial charge is 0.325 e. The van der Waals surface area contributed by atoms with Crippen molar-refractivity contribution in [2.24, 2.45) is 0 Å². The molecule has 1 aliphatic heterocycles. The van der Waals surface area contributed by atoms with Crippen LogP contribution >= 0.6 is 0 Å². The van der Waals surface area contributed by atoms with Crippen molar-refractivity contribution < 1.29 is 23.8 Å². The maximum absolute atomic E-state index is 14.4. The zero-order chi connectivity index (χ0) is 20.4. The molecule has 1 aliphatic rings. The van der Waals surface area contributed by atoms with Crippen LogP contribution in [0.25, 0.3) is 10.9 Å². The first-order valence-electron chi connectivity index (χ1n) is 8.99. The number of hydrogen-bond acceptors (Lipinski definition) is 6. The van der Waals surface area contributed by atoms with E-state index < -0.39 is 17.7 Å². The summed E-state index contributed by atoms with van der Waals surface area (Å²) in [5, 5.41) is 15.9. The van der Waals surface area contributed by atoms with Gasteiger partial charge in [-0.1, -0.05) is 6.07 Å². The van der Waals surface area contributed by atoms with Crippen molar-refractivity contribution in [3.05, 3.63) is 48.0 Å². The van der Waals surface area contributed by atoms with Crippen LogP contribution in [0.1, 0.15) is 10.5 Å². The molecule has 0 radical (unpaired) electrons. The molecule has 0 bridgehead atoms. The predicted octanol–water partition coefficient (Wildman–Crippen LogP) is 1.74. The summed E-state index contributed by atoms with van der Waals surface area (Å²) in [5.74, 6) is -1.61. The van der Waals surface area contributed by atoms with E-state index in [9.17, 15) is 14.0 Å². The monoisotopic (exact) mass is 399 g/mol. The van der Waals surface area contributed by atoms with Crippen LogP contribution in [0.3, 0.4) is 0 Å². The van der Waals surface area contributed by atoms with Gasteiger partial charge in [-0.3, -0.25) is 14.3 Å². The molecule has 0 unspecified atom stereocenters. The molecule has 1 fully saturated rings. The normalized spacial score (nSPS) is 14.2. The minimum absolute atomic E-state index is 0.0315. The predicted molar refractivity (Wildman–Crippen MR) is 103 cm³/mol. The van der Waals surface area contributed by atoms with Crippen molar-refractivity contribution in [2.75, 3.05) is 36.5 Å². The van der Waals surface area contributed by atoms with Gasteiger partial charge in [-0.15, -0.1) is 0 Å². The maximum Gasteiger partial charge on any atom is 0.325 e. The van der Waals surface area contributed by atoms with E-state index in [2.05, 4.69) is 15.4 Å². The van der Waals surface area contributed by atoms with Gasteiger partial charge in [0.05, 0.1) is 24.4 Å². The zero-order valence-corrected chi connectivity index (χ0v) is 15.3. The molecule has 150 valence electrons. The second-order valence-corrected chi connectivity index (χ2v) is 6.55. The van der Waals surface area contributed by atoms with Crippen molar-refractivity contribution in [3.8, 4) is 0 Å². The lowest BCUT2D eigenvalue weighted by Crippen LogP contribution is -2.37. The number of anilines is 2. The number of benzene rings is 1. The maximum atomic E-state index is 14.4. The number of ether oxygens (including phenoxy) is 1. The number of carbonyl (C=O) groups excluding carboxylic acids is 1. The Balaban J connectivity index is 1.55. The van der Waals surface area contributed by atoms with Crippen LogP contribution < -0.4 is 10.2 Å². The number of halogens is 1. The Labute approximate surface area is 164 Å². The molecular weight excluding hydrogens is 381 g/mol. The molecule has 0 atom stereocenters. The van der Waals surface area contributed by atoms with Crippen LogP contribution in [-0.2, 0) is 16.1 Å². The Morgan fingerprint density at radius 3 is 2.79 bits per heavy atom. The van der Waals surface area contributed by atoms with Crippen LogP contribution in [0.2, 0.25) is 0 Å². The lowest BCUT2D eigenvalue weighted by Gasteiger charge is -2.27. The van der Waals surface area contributed by atoms with E-state index in [1.54, 1.807) is 12.1 Å². The molecule has 9 nitrogen and oxygen atoms in total. The van der Waals surface area contributed by atoms with E-state index in [0.29, 0.717) is 43.0 Å². The number of nitrogens with zero attached hydrogens (tertiary/aromatic N) is 4. The molecule has 0 saturated carbocycles. The molecule has 0 spiro atoms. The fourth-order valence-electron chi connectivity index (χ4n) is 3.12. The van der Waals surface area contributed by atoms with Crippen LogP contribution in [0.5, 0.6) is 0 Å². The average molecular weight is 399 g/mol. The van der Waals surface area contributed by atoms with Crippen molar-refractivity contribution in [3.63, 3.8) is 0 Å². The number of carbonyl (C=O) groups is 2. The fourth-order valence-corrected chi connectivity index (χ4v) is 3.12. The van der Waals surface area contributed by atoms with Gasteiger partial charge in [0.1, 0.15) is 23.9 Å². The quantitative estimate of drug-likeness (QED) is 0.673. The topological polar surface area (TPSA) is 110 Å². The van der Waals surface area contributed by atoms with Gasteiger partial charge in [-0.25, -0.2) is 9.37 Å². The summed E-state index contributed by atoms with van der Waals surface area (Å²) in [6.45, 7) is 2.22. The second-order valence-electron chi connectivity index (χ2n) is 6.55. The number of carboxylic acids is 1. The summed E-state index contributed by atoms with van der Waals surface area (Å²) in [4.78, 5) is 29.8. The molecule has 3 heterocycles. The van der Waals surface area contributed by atoms with Crippen LogP contribution in [0, 0.1) is 5.82 Å². The van der Waals surface area contributed by atoms with E-state index in [4.69, 9.17) is 9.84 Å². The molecule has 29 heavy (non-hydrogen) atoms. The summed E-state index contributed by atoms with van der Waals surface area (Å²) < 4.78 is 20.9. The van der Waals surface area contributed by atoms with Crippen LogP contribution in [0.15, 0.2) is 36.5 Å². The van der Waals surface area contributed by atoms with Gasteiger partial charge < -0.3 is 20.1 Å². The molecule has 1 amide bonds. The van der Waals surface area contributed by atoms with Gasteiger partial charge in [0.25, 0.3) is 5.91 Å². The number of hydrogen-bond donors (Lipinski definition) is 2. The Kier molecular flexibility index (Phi) is 5.09. The van der Waals surface area contributed by atoms with Gasteiger partial charge >= 0.3 is 5.97 Å². The lowest BCUT2D eigenvalue weighted by molar-refractivity contribution is -0.137. The first-order valence-corrected chi connectivity index (χ1v) is 8.99. The Hall–Kier alpha value is -3.53. The number of morpholine rings is 1. The van der Waals surface area contributed by atoms with E-state index in [0.717, 1.165) is 6.07 Å². The number of amides is 1. The third-order valence-electron chi connectivity index (χ3n) is 4.49. The molecule has 10 heteroatoms. The summed E-state index contributed by atoms with van der Waals surface area (Å²) >= 11 is 0. The molecule has 1 aromatic carbocycles. The van der Waals surface area contributed by atoms with Gasteiger partial charge in [-0.05, 0) is 18.2 Å². The van der Waals surface area contributed by atoms with Crippen LogP contribution in [-0.4, -0.2) is 58.1 Å². The Morgan fingerprint density at radius 1 is 1.24 bits per heavy atom. The summed E-state index contributed by atoms with van der Waals surface area (Å²) in [6, 6.07) is 7.66. The molecule has 1 saturated heterocycles. The molecular formula is C19H18FN5O4. The number of fused-ring (bicyclic) bond motifs is 1. The summed E-state index contributed by atoms with van der Waals surface area (Å²) in [7, 11) is 0. The highest BCUT2D eigenvalue weighted by Gasteiger charge is 2.17. The van der Waals surface area contributed by atoms with Gasteiger partial charge in [0, 0.05) is 30.7 Å². The number of nitrogens with one attached hydrogen (secondary N) is 1. The third kappa shape index (κ3) is 4.16. The molecule has 0 aliphatic carbocycles. The summed E-state index contributed by atoms with van der Waals surface area (Å²) in [5.41, 5.74) is 0.431. The largest absolute Gasteiger partial charge is 0.480 e. The Bertz CT molecular complexity index is 1080. The first-order chi connectivity index (χ1) is 14.0. The second kappa shape index (κ2) is 7.84. The fraction of sp³-hybridized carbons (Fsp3) is 0.263. The van der Waals surface area contributed by atoms with Crippen molar-refractivity contribution >= 4 is 34.3 Å². The number of pyridine rings is 1. The van der Waals surface area contributed by atoms with E-state index in [1.807, 2.05) is 11.0 Å². The zero-order valence-electron chi connectivity index (χ0n) is 15.3. The van der Waals surface area contributed by atoms with E-state index >= 15 is 0 Å². The average Bonchev–Trinajstić information content (AvgIpc) is 3.09. The number of carboxylic acid groups (broad SMARTS) is 1. The van der Waals surface area contributed by atoms with Gasteiger partial charge in [-0.2, -0.15) is 5.10 Å².